The molecule has 0 amide bonds. The maximum atomic E-state index is 4.14. The fourth-order valence-corrected chi connectivity index (χ4v) is 1.55. The van der Waals surface area contributed by atoms with Gasteiger partial charge in [-0.3, -0.25) is 4.68 Å². The van der Waals surface area contributed by atoms with Gasteiger partial charge in [0, 0.05) is 25.0 Å². The molecular formula is C11H19N3. The van der Waals surface area contributed by atoms with Crippen molar-refractivity contribution >= 4 is 0 Å². The second-order valence-corrected chi connectivity index (χ2v) is 3.49. The molecule has 1 N–H and O–H groups in total. The number of rotatable bonds is 6. The van der Waals surface area contributed by atoms with Gasteiger partial charge in [-0.25, -0.2) is 0 Å². The molecule has 0 fully saturated rings. The quantitative estimate of drug-likeness (QED) is 0.694. The molecule has 1 atom stereocenters. The maximum absolute atomic E-state index is 4.14. The summed E-state index contributed by atoms with van der Waals surface area (Å²) >= 11 is 0. The Kier molecular flexibility index (Phi) is 4.40. The van der Waals surface area contributed by atoms with E-state index in [0.29, 0.717) is 6.04 Å². The van der Waals surface area contributed by atoms with E-state index in [4.69, 9.17) is 0 Å². The average molecular weight is 193 g/mol. The van der Waals surface area contributed by atoms with E-state index in [2.05, 4.69) is 23.1 Å². The third-order valence-corrected chi connectivity index (χ3v) is 2.53. The Balaban J connectivity index is 2.39. The zero-order valence-corrected chi connectivity index (χ0v) is 9.03. The van der Waals surface area contributed by atoms with Gasteiger partial charge < -0.3 is 5.32 Å². The molecule has 14 heavy (non-hydrogen) atoms. The van der Waals surface area contributed by atoms with Gasteiger partial charge in [0.25, 0.3) is 0 Å². The van der Waals surface area contributed by atoms with Gasteiger partial charge >= 0.3 is 0 Å². The van der Waals surface area contributed by atoms with Crippen LogP contribution < -0.4 is 5.32 Å². The molecule has 1 rings (SSSR count). The zero-order chi connectivity index (χ0) is 10.4. The van der Waals surface area contributed by atoms with Crippen LogP contribution in [0.1, 0.15) is 18.5 Å². The van der Waals surface area contributed by atoms with Gasteiger partial charge in [0.2, 0.25) is 0 Å². The first-order valence-corrected chi connectivity index (χ1v) is 5.03. The normalized spacial score (nSPS) is 12.7. The molecule has 0 spiro atoms. The van der Waals surface area contributed by atoms with Crippen molar-refractivity contribution in [3.8, 4) is 0 Å². The van der Waals surface area contributed by atoms with Crippen molar-refractivity contribution in [2.24, 2.45) is 7.05 Å². The molecule has 0 bridgehead atoms. The second kappa shape index (κ2) is 5.60. The van der Waals surface area contributed by atoms with Gasteiger partial charge in [-0.15, -0.1) is 6.58 Å². The lowest BCUT2D eigenvalue weighted by molar-refractivity contribution is 0.518. The summed E-state index contributed by atoms with van der Waals surface area (Å²) in [4.78, 5) is 0. The van der Waals surface area contributed by atoms with Crippen molar-refractivity contribution in [1.82, 2.24) is 15.1 Å². The van der Waals surface area contributed by atoms with Crippen LogP contribution in [0.25, 0.3) is 0 Å². The van der Waals surface area contributed by atoms with Crippen molar-refractivity contribution in [3.63, 3.8) is 0 Å². The van der Waals surface area contributed by atoms with E-state index >= 15 is 0 Å². The van der Waals surface area contributed by atoms with E-state index in [-0.39, 0.29) is 0 Å². The van der Waals surface area contributed by atoms with Crippen LogP contribution in [0.5, 0.6) is 0 Å². The van der Waals surface area contributed by atoms with Gasteiger partial charge in [0.05, 0.1) is 0 Å². The van der Waals surface area contributed by atoms with Crippen LogP contribution in [0.3, 0.4) is 0 Å². The van der Waals surface area contributed by atoms with Crippen LogP contribution in [-0.4, -0.2) is 22.9 Å². The van der Waals surface area contributed by atoms with E-state index in [1.165, 1.54) is 5.69 Å². The summed E-state index contributed by atoms with van der Waals surface area (Å²) in [5, 5.41) is 7.43. The Hall–Kier alpha value is -1.09. The highest BCUT2D eigenvalue weighted by Gasteiger charge is 2.05. The zero-order valence-electron chi connectivity index (χ0n) is 9.03. The number of nitrogens with zero attached hydrogens (tertiary/aromatic N) is 2. The Bertz CT molecular complexity index is 278. The molecule has 1 unspecified atom stereocenters. The van der Waals surface area contributed by atoms with Crippen LogP contribution in [-0.2, 0) is 13.5 Å². The van der Waals surface area contributed by atoms with E-state index in [1.807, 2.05) is 31.1 Å². The maximum Gasteiger partial charge on any atom is 0.0492 e. The van der Waals surface area contributed by atoms with Crippen molar-refractivity contribution in [1.29, 1.82) is 0 Å². The topological polar surface area (TPSA) is 29.9 Å². The SMILES string of the molecule is C=CCC(CCc1ccnn1C)NC. The summed E-state index contributed by atoms with van der Waals surface area (Å²) in [5.41, 5.74) is 1.29. The summed E-state index contributed by atoms with van der Waals surface area (Å²) in [6, 6.07) is 2.60. The number of aromatic nitrogens is 2. The van der Waals surface area contributed by atoms with Crippen molar-refractivity contribution in [2.75, 3.05) is 7.05 Å². The summed E-state index contributed by atoms with van der Waals surface area (Å²) in [7, 11) is 3.98. The van der Waals surface area contributed by atoms with Gasteiger partial charge in [-0.05, 0) is 32.4 Å². The van der Waals surface area contributed by atoms with Gasteiger partial charge in [-0.2, -0.15) is 5.10 Å². The minimum Gasteiger partial charge on any atom is -0.317 e. The van der Waals surface area contributed by atoms with Crippen LogP contribution in [0.2, 0.25) is 0 Å². The molecule has 1 heterocycles. The third kappa shape index (κ3) is 3.00. The molecule has 0 radical (unpaired) electrons. The average Bonchev–Trinajstić information content (AvgIpc) is 2.59. The van der Waals surface area contributed by atoms with Crippen molar-refractivity contribution in [3.05, 3.63) is 30.6 Å². The smallest absolute Gasteiger partial charge is 0.0492 e. The van der Waals surface area contributed by atoms with Crippen LogP contribution in [0, 0.1) is 0 Å². The highest BCUT2D eigenvalue weighted by atomic mass is 15.2. The molecule has 0 aliphatic carbocycles. The highest BCUT2D eigenvalue weighted by molar-refractivity contribution is 5.00. The number of nitrogens with one attached hydrogen (secondary N) is 1. The summed E-state index contributed by atoms with van der Waals surface area (Å²) < 4.78 is 1.93. The summed E-state index contributed by atoms with van der Waals surface area (Å²) in [6.45, 7) is 3.75. The van der Waals surface area contributed by atoms with Crippen molar-refractivity contribution < 1.29 is 0 Å². The lowest BCUT2D eigenvalue weighted by Crippen LogP contribution is -2.25. The minimum atomic E-state index is 0.530. The molecule has 3 heteroatoms. The van der Waals surface area contributed by atoms with Gasteiger partial charge in [0.1, 0.15) is 0 Å². The molecule has 0 aliphatic heterocycles. The molecule has 0 saturated heterocycles. The molecule has 78 valence electrons. The van der Waals surface area contributed by atoms with Gasteiger partial charge in [0.15, 0.2) is 0 Å². The summed E-state index contributed by atoms with van der Waals surface area (Å²) in [5.74, 6) is 0. The minimum absolute atomic E-state index is 0.530. The van der Waals surface area contributed by atoms with Crippen LogP contribution in [0.15, 0.2) is 24.9 Å². The fourth-order valence-electron chi connectivity index (χ4n) is 1.55. The standard InChI is InChI=1S/C11H19N3/c1-4-5-10(12-2)6-7-11-8-9-13-14(11)3/h4,8-10,12H,1,5-7H2,2-3H3. The molecular weight excluding hydrogens is 174 g/mol. The lowest BCUT2D eigenvalue weighted by atomic mass is 10.1. The molecule has 0 aliphatic rings. The second-order valence-electron chi connectivity index (χ2n) is 3.49. The molecule has 3 nitrogen and oxygen atoms in total. The Morgan fingerprint density at radius 3 is 3.00 bits per heavy atom. The Morgan fingerprint density at radius 2 is 2.50 bits per heavy atom. The predicted octanol–water partition coefficient (Wildman–Crippen LogP) is 1.52. The third-order valence-electron chi connectivity index (χ3n) is 2.53. The molecule has 0 saturated carbocycles. The van der Waals surface area contributed by atoms with Gasteiger partial charge in [-0.1, -0.05) is 6.08 Å². The first-order valence-electron chi connectivity index (χ1n) is 5.03. The molecule has 1 aromatic rings. The summed E-state index contributed by atoms with van der Waals surface area (Å²) in [6.07, 6.45) is 7.02. The lowest BCUT2D eigenvalue weighted by Gasteiger charge is -2.13. The van der Waals surface area contributed by atoms with E-state index in [9.17, 15) is 0 Å². The number of hydrogen-bond acceptors (Lipinski definition) is 2. The molecule has 0 aromatic carbocycles. The van der Waals surface area contributed by atoms with Crippen LogP contribution >= 0.6 is 0 Å². The first kappa shape index (κ1) is 11.0. The fraction of sp³-hybridized carbons (Fsp3) is 0.545. The number of aryl methyl sites for hydroxylation is 2. The Labute approximate surface area is 85.8 Å². The molecule has 1 aromatic heterocycles. The number of hydrogen-bond donors (Lipinski definition) is 1. The van der Waals surface area contributed by atoms with E-state index in [1.54, 1.807) is 0 Å². The highest BCUT2D eigenvalue weighted by Crippen LogP contribution is 2.06. The van der Waals surface area contributed by atoms with E-state index < -0.39 is 0 Å². The first-order chi connectivity index (χ1) is 6.77. The van der Waals surface area contributed by atoms with E-state index in [0.717, 1.165) is 19.3 Å². The Morgan fingerprint density at radius 1 is 1.71 bits per heavy atom. The van der Waals surface area contributed by atoms with Crippen LogP contribution in [0.4, 0.5) is 0 Å². The predicted molar refractivity (Wildman–Crippen MR) is 59.2 cm³/mol. The van der Waals surface area contributed by atoms with Crippen molar-refractivity contribution in [2.45, 2.75) is 25.3 Å². The largest absolute Gasteiger partial charge is 0.317 e. The monoisotopic (exact) mass is 193 g/mol.